The highest BCUT2D eigenvalue weighted by atomic mass is 16.5. The summed E-state index contributed by atoms with van der Waals surface area (Å²) in [5.74, 6) is 0. The van der Waals surface area contributed by atoms with E-state index in [0.717, 1.165) is 0 Å². The highest BCUT2D eigenvalue weighted by molar-refractivity contribution is 5.43. The van der Waals surface area contributed by atoms with Crippen LogP contribution in [0.4, 0.5) is 0 Å². The molecule has 0 aliphatic heterocycles. The first-order valence-electron chi connectivity index (χ1n) is 1.05. The maximum atomic E-state index is 9.06. The molecule has 0 spiro atoms. The predicted molar refractivity (Wildman–Crippen MR) is 14.5 cm³/mol. The molecule has 0 saturated heterocycles. The van der Waals surface area contributed by atoms with Crippen molar-refractivity contribution in [1.29, 1.82) is 0 Å². The Morgan fingerprint density at radius 3 is 2.60 bits per heavy atom. The van der Waals surface area contributed by atoms with E-state index in [1.165, 1.54) is 0 Å². The maximum Gasteiger partial charge on any atom is 0.252 e. The number of hydrogen-bond donors (Lipinski definition) is 2. The quantitative estimate of drug-likeness (QED) is 0.168. The first-order chi connectivity index (χ1) is 2.41. The van der Waals surface area contributed by atoms with Gasteiger partial charge in [0.1, 0.15) is 0 Å². The molecule has 0 heterocycles. The fourth-order valence-electron chi connectivity index (χ4n) is 0.0278. The monoisotopic (exact) mass is 76.0 g/mol. The highest BCUT2D eigenvalue weighted by Gasteiger charge is 1.53. The maximum absolute atomic E-state index is 9.06. The van der Waals surface area contributed by atoms with Crippen molar-refractivity contribution in [3.05, 3.63) is 5.21 Å². The van der Waals surface area contributed by atoms with Gasteiger partial charge >= 0.3 is 0 Å². The zero-order chi connectivity index (χ0) is 4.12. The minimum atomic E-state index is 0.312. The summed E-state index contributed by atoms with van der Waals surface area (Å²) in [6.07, 6.45) is 0.312. The molecule has 0 aromatic carbocycles. The molecule has 4 heteroatoms. The molecule has 3 N–H and O–H groups in total. The predicted octanol–water partition coefficient (Wildman–Crippen LogP) is -2.29. The van der Waals surface area contributed by atoms with Gasteiger partial charge in [0, 0.05) is 0 Å². The van der Waals surface area contributed by atoms with Crippen LogP contribution in [0.15, 0.2) is 0 Å². The van der Waals surface area contributed by atoms with Crippen molar-refractivity contribution in [2.24, 2.45) is 0 Å². The van der Waals surface area contributed by atoms with Crippen molar-refractivity contribution in [2.75, 3.05) is 0 Å². The summed E-state index contributed by atoms with van der Waals surface area (Å²) in [5.41, 5.74) is 2.06. The van der Waals surface area contributed by atoms with Gasteiger partial charge < -0.3 is 5.21 Å². The van der Waals surface area contributed by atoms with E-state index in [2.05, 4.69) is 0 Å². The lowest BCUT2D eigenvalue weighted by molar-refractivity contribution is -0.634. The molecule has 0 rings (SSSR count). The molecule has 0 saturated carbocycles. The minimum Gasteiger partial charge on any atom is -0.609 e. The van der Waals surface area contributed by atoms with Gasteiger partial charge in [0.25, 0.3) is 6.41 Å². The molecule has 0 radical (unpaired) electrons. The van der Waals surface area contributed by atoms with Crippen molar-refractivity contribution >= 4 is 6.41 Å². The Bertz CT molecular complexity index is 28.8. The number of carbonyl (C=O) groups is 1. The van der Waals surface area contributed by atoms with Crippen molar-refractivity contribution in [2.45, 2.75) is 0 Å². The Kier molecular flexibility index (Phi) is 2.98. The summed E-state index contributed by atoms with van der Waals surface area (Å²) in [4.78, 5) is 9.06. The van der Waals surface area contributed by atoms with Crippen LogP contribution in [0.3, 0.4) is 0 Å². The summed E-state index contributed by atoms with van der Waals surface area (Å²) in [5, 5.41) is 9.06. The fraction of sp³-hybridized carbons (Fsp3) is 0. The van der Waals surface area contributed by atoms with Gasteiger partial charge in [0.05, 0.1) is 0 Å². The second-order valence-electron chi connectivity index (χ2n) is 0.402. The lowest BCUT2D eigenvalue weighted by atomic mass is 11.4. The largest absolute Gasteiger partial charge is 0.609 e. The molecular weight excluding hydrogens is 72.0 g/mol. The summed E-state index contributed by atoms with van der Waals surface area (Å²) < 4.78 is 0. The van der Waals surface area contributed by atoms with Gasteiger partial charge in [0.15, 0.2) is 0 Å². The van der Waals surface area contributed by atoms with Crippen LogP contribution in [0.1, 0.15) is 0 Å². The van der Waals surface area contributed by atoms with Crippen LogP contribution in [-0.2, 0) is 4.79 Å². The number of nitrogens with two attached hydrogens (primary N) is 1. The Morgan fingerprint density at radius 1 is 2.00 bits per heavy atom. The molecule has 0 aromatic heterocycles. The molecule has 0 unspecified atom stereocenters. The summed E-state index contributed by atoms with van der Waals surface area (Å²) in [6, 6.07) is 0. The third kappa shape index (κ3) is 3.39. The lowest BCUT2D eigenvalue weighted by Crippen LogP contribution is -2.87. The van der Waals surface area contributed by atoms with Crippen LogP contribution in [-0.4, -0.2) is 6.41 Å². The van der Waals surface area contributed by atoms with E-state index in [9.17, 15) is 0 Å². The third-order valence-electron chi connectivity index (χ3n) is 0.136. The first kappa shape index (κ1) is 4.39. The van der Waals surface area contributed by atoms with Crippen molar-refractivity contribution < 1.29 is 10.4 Å². The Hall–Kier alpha value is -0.610. The molecule has 1 amide bonds. The molecule has 0 bridgehead atoms. The summed E-state index contributed by atoms with van der Waals surface area (Å²) in [6.45, 7) is 0. The van der Waals surface area contributed by atoms with Crippen molar-refractivity contribution in [1.82, 2.24) is 5.43 Å². The van der Waals surface area contributed by atoms with E-state index in [0.29, 0.717) is 12.0 Å². The van der Waals surface area contributed by atoms with E-state index >= 15 is 0 Å². The molecule has 0 aromatic rings. The van der Waals surface area contributed by atoms with Crippen molar-refractivity contribution in [3.8, 4) is 0 Å². The van der Waals surface area contributed by atoms with Gasteiger partial charge in [-0.05, 0) is 0 Å². The number of carbonyl (C=O) groups excluding carboxylic acids is 1. The van der Waals surface area contributed by atoms with E-state index < -0.39 is 0 Å². The topological polar surface area (TPSA) is 68.8 Å². The van der Waals surface area contributed by atoms with Crippen LogP contribution >= 0.6 is 0 Å². The molecule has 5 heavy (non-hydrogen) atoms. The Labute approximate surface area is 28.7 Å². The fourth-order valence-corrected chi connectivity index (χ4v) is 0.0278. The molecule has 0 fully saturated rings. The molecular formula is CH4N2O2. The second-order valence-corrected chi connectivity index (χ2v) is 0.402. The average Bonchev–Trinajstić information content (AvgIpc) is 1.41. The number of hydrogen-bond acceptors (Lipinski definition) is 2. The molecule has 4 nitrogen and oxygen atoms in total. The standard InChI is InChI=1S/CH4N2O2/c4-1-2-3-5/h1H,3H2,(H,2,4). The van der Waals surface area contributed by atoms with Crippen LogP contribution in [0.2, 0.25) is 0 Å². The molecule has 0 atom stereocenters. The Balaban J connectivity index is 2.40. The molecule has 30 valence electrons. The first-order valence-corrected chi connectivity index (χ1v) is 1.05. The lowest BCUT2D eigenvalue weighted by Gasteiger charge is -1.91. The van der Waals surface area contributed by atoms with Gasteiger partial charge in [-0.15, -0.1) is 0 Å². The SMILES string of the molecule is O=CN[NH2+][O-]. The van der Waals surface area contributed by atoms with Crippen LogP contribution in [0, 0.1) is 5.21 Å². The minimum absolute atomic E-state index is 0.312. The smallest absolute Gasteiger partial charge is 0.252 e. The van der Waals surface area contributed by atoms with E-state index in [-0.39, 0.29) is 0 Å². The third-order valence-corrected chi connectivity index (χ3v) is 0.136. The van der Waals surface area contributed by atoms with Gasteiger partial charge in [-0.2, -0.15) is 0 Å². The zero-order valence-corrected chi connectivity index (χ0v) is 2.47. The zero-order valence-electron chi connectivity index (χ0n) is 2.47. The highest BCUT2D eigenvalue weighted by Crippen LogP contribution is 1.00. The number of nitrogens with one attached hydrogen (secondary N) is 1. The number of rotatable bonds is 2. The molecule has 0 aliphatic rings. The second kappa shape index (κ2) is 3.39. The Morgan fingerprint density at radius 2 is 2.60 bits per heavy atom. The van der Waals surface area contributed by atoms with Crippen LogP contribution in [0.5, 0.6) is 0 Å². The van der Waals surface area contributed by atoms with E-state index in [4.69, 9.17) is 10.0 Å². The van der Waals surface area contributed by atoms with Crippen LogP contribution < -0.4 is 11.0 Å². The van der Waals surface area contributed by atoms with Gasteiger partial charge in [0.2, 0.25) is 0 Å². The number of amides is 1. The normalized spacial score (nSPS) is 6.60. The van der Waals surface area contributed by atoms with E-state index in [1.807, 2.05) is 0 Å². The van der Waals surface area contributed by atoms with Crippen molar-refractivity contribution in [3.63, 3.8) is 0 Å². The van der Waals surface area contributed by atoms with Gasteiger partial charge in [-0.1, -0.05) is 0 Å². The van der Waals surface area contributed by atoms with E-state index in [1.54, 1.807) is 5.43 Å². The summed E-state index contributed by atoms with van der Waals surface area (Å²) in [7, 11) is 0. The molecule has 0 aliphatic carbocycles. The van der Waals surface area contributed by atoms with Gasteiger partial charge in [-0.25, -0.2) is 5.43 Å². The number of quaternary nitrogens is 1. The van der Waals surface area contributed by atoms with Gasteiger partial charge in [-0.3, -0.25) is 10.4 Å². The summed E-state index contributed by atoms with van der Waals surface area (Å²) >= 11 is 0. The van der Waals surface area contributed by atoms with Crippen LogP contribution in [0.25, 0.3) is 0 Å². The average molecular weight is 76.1 g/mol.